The Balaban J connectivity index is 2.25. The zero-order valence-electron chi connectivity index (χ0n) is 10.2. The van der Waals surface area contributed by atoms with Gasteiger partial charge in [-0.05, 0) is 29.3 Å². The van der Waals surface area contributed by atoms with Crippen LogP contribution in [0.15, 0.2) is 28.9 Å². The van der Waals surface area contributed by atoms with Crippen molar-refractivity contribution < 1.29 is 4.79 Å². The summed E-state index contributed by atoms with van der Waals surface area (Å²) in [4.78, 5) is 15.6. The first kappa shape index (κ1) is 12.1. The molecule has 0 saturated carbocycles. The SMILES string of the molecule is CC(=O)c1cc2c(cn1)-c1c(Br)ccc(C#N)c1C2. The van der Waals surface area contributed by atoms with Crippen molar-refractivity contribution in [1.82, 2.24) is 4.98 Å². The lowest BCUT2D eigenvalue weighted by molar-refractivity contribution is 0.101. The summed E-state index contributed by atoms with van der Waals surface area (Å²) in [5, 5.41) is 9.18. The molecule has 0 radical (unpaired) electrons. The van der Waals surface area contributed by atoms with Gasteiger partial charge in [0.2, 0.25) is 0 Å². The largest absolute Gasteiger partial charge is 0.293 e. The molecule has 0 atom stereocenters. The van der Waals surface area contributed by atoms with Gasteiger partial charge in [-0.2, -0.15) is 5.26 Å². The highest BCUT2D eigenvalue weighted by atomic mass is 79.9. The van der Waals surface area contributed by atoms with E-state index in [1.807, 2.05) is 18.2 Å². The van der Waals surface area contributed by atoms with E-state index in [4.69, 9.17) is 0 Å². The maximum Gasteiger partial charge on any atom is 0.178 e. The lowest BCUT2D eigenvalue weighted by Crippen LogP contribution is -1.97. The number of hydrogen-bond acceptors (Lipinski definition) is 3. The molecule has 92 valence electrons. The van der Waals surface area contributed by atoms with Crippen molar-refractivity contribution in [2.45, 2.75) is 13.3 Å². The van der Waals surface area contributed by atoms with Gasteiger partial charge in [-0.3, -0.25) is 9.78 Å². The predicted molar refractivity (Wildman–Crippen MR) is 74.9 cm³/mol. The Kier molecular flexibility index (Phi) is 2.72. The molecule has 0 bridgehead atoms. The second-order valence-corrected chi connectivity index (χ2v) is 5.37. The van der Waals surface area contributed by atoms with Gasteiger partial charge in [0.05, 0.1) is 11.6 Å². The quantitative estimate of drug-likeness (QED) is 0.646. The first-order chi connectivity index (χ1) is 9.11. The van der Waals surface area contributed by atoms with Crippen LogP contribution in [0, 0.1) is 11.3 Å². The summed E-state index contributed by atoms with van der Waals surface area (Å²) >= 11 is 3.52. The van der Waals surface area contributed by atoms with E-state index < -0.39 is 0 Å². The Morgan fingerprint density at radius 3 is 2.95 bits per heavy atom. The molecular weight excluding hydrogens is 304 g/mol. The predicted octanol–water partition coefficient (Wildman–Crippen LogP) is 3.49. The Bertz CT molecular complexity index is 759. The molecule has 0 fully saturated rings. The number of rotatable bonds is 1. The average molecular weight is 313 g/mol. The van der Waals surface area contributed by atoms with E-state index in [0.29, 0.717) is 17.7 Å². The fraction of sp³-hybridized carbons (Fsp3) is 0.133. The van der Waals surface area contributed by atoms with E-state index in [2.05, 4.69) is 27.0 Å². The van der Waals surface area contributed by atoms with Crippen LogP contribution in [0.3, 0.4) is 0 Å². The van der Waals surface area contributed by atoms with Crippen molar-refractivity contribution in [3.05, 3.63) is 51.3 Å². The van der Waals surface area contributed by atoms with Gasteiger partial charge in [0.1, 0.15) is 5.69 Å². The summed E-state index contributed by atoms with van der Waals surface area (Å²) < 4.78 is 0.956. The smallest absolute Gasteiger partial charge is 0.178 e. The minimum Gasteiger partial charge on any atom is -0.293 e. The van der Waals surface area contributed by atoms with Crippen LogP contribution in [-0.2, 0) is 6.42 Å². The van der Waals surface area contributed by atoms with Crippen LogP contribution in [0.2, 0.25) is 0 Å². The van der Waals surface area contributed by atoms with Crippen molar-refractivity contribution in [2.24, 2.45) is 0 Å². The summed E-state index contributed by atoms with van der Waals surface area (Å²) in [7, 11) is 0. The number of carbonyl (C=O) groups excluding carboxylic acids is 1. The summed E-state index contributed by atoms with van der Waals surface area (Å²) in [5.74, 6) is -0.0432. The lowest BCUT2D eigenvalue weighted by Gasteiger charge is -2.05. The third-order valence-electron chi connectivity index (χ3n) is 3.37. The Morgan fingerprint density at radius 1 is 1.47 bits per heavy atom. The average Bonchev–Trinajstić information content (AvgIpc) is 2.78. The van der Waals surface area contributed by atoms with E-state index in [1.54, 1.807) is 6.20 Å². The summed E-state index contributed by atoms with van der Waals surface area (Å²) in [6.07, 6.45) is 2.40. The topological polar surface area (TPSA) is 53.8 Å². The van der Waals surface area contributed by atoms with Gasteiger partial charge >= 0.3 is 0 Å². The van der Waals surface area contributed by atoms with Gasteiger partial charge in [-0.15, -0.1) is 0 Å². The second kappa shape index (κ2) is 4.29. The number of carbonyl (C=O) groups is 1. The van der Waals surface area contributed by atoms with Gasteiger partial charge in [0, 0.05) is 35.1 Å². The monoisotopic (exact) mass is 312 g/mol. The number of Topliss-reactive ketones (excluding diaryl/α,β-unsaturated/α-hetero) is 1. The van der Waals surface area contributed by atoms with E-state index >= 15 is 0 Å². The Labute approximate surface area is 119 Å². The van der Waals surface area contributed by atoms with Crippen molar-refractivity contribution in [3.8, 4) is 17.2 Å². The van der Waals surface area contributed by atoms with Crippen molar-refractivity contribution in [3.63, 3.8) is 0 Å². The van der Waals surface area contributed by atoms with Gasteiger partial charge in [0.25, 0.3) is 0 Å². The summed E-state index contributed by atoms with van der Waals surface area (Å²) in [6.45, 7) is 1.51. The van der Waals surface area contributed by atoms with Crippen LogP contribution < -0.4 is 0 Å². The number of hydrogen-bond donors (Lipinski definition) is 0. The molecule has 2 aromatic rings. The highest BCUT2D eigenvalue weighted by Gasteiger charge is 2.24. The molecule has 3 nitrogen and oxygen atoms in total. The van der Waals surface area contributed by atoms with Gasteiger partial charge in [0.15, 0.2) is 5.78 Å². The number of ketones is 1. The normalized spacial score (nSPS) is 11.6. The molecule has 19 heavy (non-hydrogen) atoms. The number of nitriles is 1. The first-order valence-corrected chi connectivity index (χ1v) is 6.63. The van der Waals surface area contributed by atoms with E-state index in [-0.39, 0.29) is 5.78 Å². The molecule has 1 aliphatic rings. The van der Waals surface area contributed by atoms with Crippen LogP contribution >= 0.6 is 15.9 Å². The van der Waals surface area contributed by atoms with Crippen LogP contribution in [0.1, 0.15) is 34.1 Å². The fourth-order valence-electron chi connectivity index (χ4n) is 2.45. The highest BCUT2D eigenvalue weighted by Crippen LogP contribution is 2.42. The maximum atomic E-state index is 11.4. The number of pyridine rings is 1. The van der Waals surface area contributed by atoms with Crippen molar-refractivity contribution in [2.75, 3.05) is 0 Å². The fourth-order valence-corrected chi connectivity index (χ4v) is 3.04. The molecule has 0 N–H and O–H groups in total. The molecule has 0 aliphatic heterocycles. The molecule has 1 aromatic heterocycles. The van der Waals surface area contributed by atoms with Crippen LogP contribution in [-0.4, -0.2) is 10.8 Å². The minimum absolute atomic E-state index is 0.0432. The molecule has 1 heterocycles. The van der Waals surface area contributed by atoms with Crippen molar-refractivity contribution >= 4 is 21.7 Å². The van der Waals surface area contributed by atoms with Gasteiger partial charge in [-0.1, -0.05) is 15.9 Å². The molecule has 0 saturated heterocycles. The van der Waals surface area contributed by atoms with E-state index in [0.717, 1.165) is 26.7 Å². The highest BCUT2D eigenvalue weighted by molar-refractivity contribution is 9.10. The number of nitrogens with zero attached hydrogens (tertiary/aromatic N) is 2. The Hall–Kier alpha value is -1.99. The van der Waals surface area contributed by atoms with Crippen LogP contribution in [0.4, 0.5) is 0 Å². The van der Waals surface area contributed by atoms with Crippen LogP contribution in [0.25, 0.3) is 11.1 Å². The van der Waals surface area contributed by atoms with E-state index in [9.17, 15) is 10.1 Å². The second-order valence-electron chi connectivity index (χ2n) is 4.52. The molecule has 0 amide bonds. The molecule has 1 aliphatic carbocycles. The molecule has 3 rings (SSSR count). The molecule has 4 heteroatoms. The maximum absolute atomic E-state index is 11.4. The number of halogens is 1. The number of benzene rings is 1. The summed E-state index contributed by atoms with van der Waals surface area (Å²) in [5.41, 5.74) is 5.24. The molecular formula is C15H9BrN2O. The molecule has 0 spiro atoms. The third-order valence-corrected chi connectivity index (χ3v) is 4.03. The lowest BCUT2D eigenvalue weighted by atomic mass is 10.0. The zero-order valence-corrected chi connectivity index (χ0v) is 11.8. The first-order valence-electron chi connectivity index (χ1n) is 5.83. The molecule has 0 unspecified atom stereocenters. The zero-order chi connectivity index (χ0) is 13.6. The molecule has 1 aromatic carbocycles. The summed E-state index contributed by atoms with van der Waals surface area (Å²) in [6, 6.07) is 7.74. The van der Waals surface area contributed by atoms with Gasteiger partial charge < -0.3 is 0 Å². The number of fused-ring (bicyclic) bond motifs is 3. The third kappa shape index (κ3) is 1.78. The van der Waals surface area contributed by atoms with Crippen molar-refractivity contribution in [1.29, 1.82) is 5.26 Å². The Morgan fingerprint density at radius 2 is 2.26 bits per heavy atom. The van der Waals surface area contributed by atoms with Gasteiger partial charge in [-0.25, -0.2) is 0 Å². The van der Waals surface area contributed by atoms with E-state index in [1.165, 1.54) is 6.92 Å². The standard InChI is InChI=1S/C15H9BrN2O/c1-8(19)14-5-10-4-11-9(6-17)2-3-13(16)15(11)12(10)7-18-14/h2-3,5,7H,4H2,1H3. The van der Waals surface area contributed by atoms with Crippen LogP contribution in [0.5, 0.6) is 0 Å². The number of aromatic nitrogens is 1. The minimum atomic E-state index is -0.0432.